The molecule has 1 heterocycles. The third-order valence-electron chi connectivity index (χ3n) is 3.34. The Bertz CT molecular complexity index is 739. The lowest BCUT2D eigenvalue weighted by Gasteiger charge is -2.19. The number of pyridine rings is 1. The largest absolute Gasteiger partial charge is 0.493 e. The molecule has 1 aromatic heterocycles. The van der Waals surface area contributed by atoms with E-state index in [4.69, 9.17) is 14.2 Å². The first kappa shape index (κ1) is 19.4. The van der Waals surface area contributed by atoms with Crippen LogP contribution in [0.2, 0.25) is 0 Å². The average molecular weight is 359 g/mol. The zero-order valence-corrected chi connectivity index (χ0v) is 15.8. The highest BCUT2D eigenvalue weighted by Crippen LogP contribution is 2.27. The first-order chi connectivity index (χ1) is 12.3. The number of carbonyl (C=O) groups excluding carboxylic acids is 1. The summed E-state index contributed by atoms with van der Waals surface area (Å²) in [5.41, 5.74) is 1.32. The summed E-state index contributed by atoms with van der Waals surface area (Å²) in [4.78, 5) is 15.9. The second-order valence-corrected chi connectivity index (χ2v) is 6.60. The van der Waals surface area contributed by atoms with Crippen molar-refractivity contribution < 1.29 is 19.0 Å². The summed E-state index contributed by atoms with van der Waals surface area (Å²) in [5, 5.41) is 5.86. The van der Waals surface area contributed by atoms with E-state index in [2.05, 4.69) is 15.6 Å². The van der Waals surface area contributed by atoms with Crippen LogP contribution in [0, 0.1) is 0 Å². The molecule has 0 saturated heterocycles. The summed E-state index contributed by atoms with van der Waals surface area (Å²) in [6.45, 7) is 6.02. The van der Waals surface area contributed by atoms with Gasteiger partial charge in [-0.2, -0.15) is 0 Å². The van der Waals surface area contributed by atoms with Gasteiger partial charge < -0.3 is 19.5 Å². The Morgan fingerprint density at radius 1 is 1.08 bits per heavy atom. The van der Waals surface area contributed by atoms with Crippen molar-refractivity contribution >= 4 is 17.6 Å². The summed E-state index contributed by atoms with van der Waals surface area (Å²) in [5.74, 6) is 1.80. The van der Waals surface area contributed by atoms with Crippen LogP contribution < -0.4 is 20.1 Å². The molecule has 140 valence electrons. The van der Waals surface area contributed by atoms with Crippen LogP contribution in [0.5, 0.6) is 11.5 Å². The fourth-order valence-corrected chi connectivity index (χ4v) is 2.18. The number of anilines is 2. The molecule has 7 nitrogen and oxygen atoms in total. The first-order valence-electron chi connectivity index (χ1n) is 8.21. The Kier molecular flexibility index (Phi) is 6.27. The smallest absolute Gasteiger partial charge is 0.413 e. The number of aromatic nitrogens is 1. The van der Waals surface area contributed by atoms with Crippen LogP contribution in [0.15, 0.2) is 36.5 Å². The molecule has 0 spiro atoms. The molecule has 0 atom stereocenters. The van der Waals surface area contributed by atoms with Gasteiger partial charge in [0.15, 0.2) is 11.5 Å². The molecule has 0 aliphatic rings. The molecule has 7 heteroatoms. The van der Waals surface area contributed by atoms with E-state index < -0.39 is 11.7 Å². The van der Waals surface area contributed by atoms with Crippen molar-refractivity contribution in [1.29, 1.82) is 0 Å². The van der Waals surface area contributed by atoms with Gasteiger partial charge in [-0.25, -0.2) is 9.78 Å². The highest BCUT2D eigenvalue weighted by molar-refractivity contribution is 5.83. The van der Waals surface area contributed by atoms with E-state index >= 15 is 0 Å². The van der Waals surface area contributed by atoms with Crippen LogP contribution in [0.4, 0.5) is 16.3 Å². The van der Waals surface area contributed by atoms with Crippen molar-refractivity contribution in [1.82, 2.24) is 4.98 Å². The van der Waals surface area contributed by atoms with Crippen LogP contribution in [0.1, 0.15) is 26.3 Å². The Hall–Kier alpha value is -2.96. The van der Waals surface area contributed by atoms with Crippen molar-refractivity contribution in [3.63, 3.8) is 0 Å². The number of nitrogens with one attached hydrogen (secondary N) is 2. The van der Waals surface area contributed by atoms with Gasteiger partial charge in [0.1, 0.15) is 11.4 Å². The van der Waals surface area contributed by atoms with Gasteiger partial charge in [0, 0.05) is 6.54 Å². The van der Waals surface area contributed by atoms with Crippen LogP contribution in [0.3, 0.4) is 0 Å². The normalized spacial score (nSPS) is 10.8. The Balaban J connectivity index is 1.92. The standard InChI is InChI=1S/C19H25N3O4/c1-19(2,3)26-18(23)22-17-9-7-14(12-21-17)20-11-13-6-8-15(24-4)16(10-13)25-5/h6-10,12,20H,11H2,1-5H3,(H,21,22,23). The summed E-state index contributed by atoms with van der Waals surface area (Å²) < 4.78 is 15.7. The third kappa shape index (κ3) is 5.84. The van der Waals surface area contributed by atoms with E-state index in [1.54, 1.807) is 47.3 Å². The van der Waals surface area contributed by atoms with Gasteiger partial charge in [-0.15, -0.1) is 0 Å². The Morgan fingerprint density at radius 2 is 1.81 bits per heavy atom. The fourth-order valence-electron chi connectivity index (χ4n) is 2.18. The predicted octanol–water partition coefficient (Wildman–Crippen LogP) is 4.06. The van der Waals surface area contributed by atoms with E-state index in [1.807, 2.05) is 24.3 Å². The fraction of sp³-hybridized carbons (Fsp3) is 0.368. The number of carbonyl (C=O) groups is 1. The second-order valence-electron chi connectivity index (χ2n) is 6.60. The van der Waals surface area contributed by atoms with Crippen molar-refractivity contribution in [3.05, 3.63) is 42.1 Å². The molecule has 0 aliphatic carbocycles. The summed E-state index contributed by atoms with van der Waals surface area (Å²) in [7, 11) is 3.21. The van der Waals surface area contributed by atoms with E-state index in [0.29, 0.717) is 23.9 Å². The summed E-state index contributed by atoms with van der Waals surface area (Å²) in [6.07, 6.45) is 1.11. The van der Waals surface area contributed by atoms with E-state index in [9.17, 15) is 4.79 Å². The minimum atomic E-state index is -0.551. The topological polar surface area (TPSA) is 81.7 Å². The van der Waals surface area contributed by atoms with Gasteiger partial charge in [0.05, 0.1) is 26.1 Å². The van der Waals surface area contributed by atoms with Gasteiger partial charge in [-0.05, 0) is 50.6 Å². The number of methoxy groups -OCH3 is 2. The van der Waals surface area contributed by atoms with Gasteiger partial charge in [-0.3, -0.25) is 5.32 Å². The maximum atomic E-state index is 11.7. The van der Waals surface area contributed by atoms with E-state index in [1.165, 1.54) is 0 Å². The van der Waals surface area contributed by atoms with Crippen LogP contribution in [-0.2, 0) is 11.3 Å². The molecule has 1 aromatic carbocycles. The number of hydrogen-bond donors (Lipinski definition) is 2. The number of rotatable bonds is 6. The zero-order chi connectivity index (χ0) is 19.2. The summed E-state index contributed by atoms with van der Waals surface area (Å²) >= 11 is 0. The number of ether oxygens (including phenoxy) is 3. The molecule has 2 rings (SSSR count). The first-order valence-corrected chi connectivity index (χ1v) is 8.21. The molecular weight excluding hydrogens is 334 g/mol. The monoisotopic (exact) mass is 359 g/mol. The average Bonchev–Trinajstić information content (AvgIpc) is 2.59. The predicted molar refractivity (Wildman–Crippen MR) is 101 cm³/mol. The molecule has 0 aliphatic heterocycles. The minimum Gasteiger partial charge on any atom is -0.493 e. The zero-order valence-electron chi connectivity index (χ0n) is 15.8. The molecule has 26 heavy (non-hydrogen) atoms. The highest BCUT2D eigenvalue weighted by atomic mass is 16.6. The molecule has 0 radical (unpaired) electrons. The Labute approximate surface area is 153 Å². The van der Waals surface area contributed by atoms with Crippen LogP contribution in [0.25, 0.3) is 0 Å². The van der Waals surface area contributed by atoms with Gasteiger partial charge in [0.2, 0.25) is 0 Å². The molecule has 1 amide bonds. The molecular formula is C19H25N3O4. The minimum absolute atomic E-state index is 0.427. The number of hydrogen-bond acceptors (Lipinski definition) is 6. The molecule has 0 unspecified atom stereocenters. The number of amides is 1. The molecule has 2 N–H and O–H groups in total. The van der Waals surface area contributed by atoms with E-state index in [0.717, 1.165) is 11.3 Å². The molecule has 2 aromatic rings. The molecule has 0 bridgehead atoms. The lowest BCUT2D eigenvalue weighted by molar-refractivity contribution is 0.0635. The lowest BCUT2D eigenvalue weighted by atomic mass is 10.2. The number of benzene rings is 1. The third-order valence-corrected chi connectivity index (χ3v) is 3.34. The summed E-state index contributed by atoms with van der Waals surface area (Å²) in [6, 6.07) is 9.28. The molecule has 0 fully saturated rings. The van der Waals surface area contributed by atoms with Crippen molar-refractivity contribution in [2.24, 2.45) is 0 Å². The van der Waals surface area contributed by atoms with Crippen molar-refractivity contribution in [3.8, 4) is 11.5 Å². The highest BCUT2D eigenvalue weighted by Gasteiger charge is 2.16. The lowest BCUT2D eigenvalue weighted by Crippen LogP contribution is -2.27. The maximum absolute atomic E-state index is 11.7. The van der Waals surface area contributed by atoms with E-state index in [-0.39, 0.29) is 0 Å². The maximum Gasteiger partial charge on any atom is 0.413 e. The van der Waals surface area contributed by atoms with Crippen molar-refractivity contribution in [2.45, 2.75) is 32.9 Å². The SMILES string of the molecule is COc1ccc(CNc2ccc(NC(=O)OC(C)(C)C)nc2)cc1OC. The molecule has 0 saturated carbocycles. The van der Waals surface area contributed by atoms with Gasteiger partial charge in [0.25, 0.3) is 0 Å². The number of nitrogens with zero attached hydrogens (tertiary/aromatic N) is 1. The Morgan fingerprint density at radius 3 is 2.38 bits per heavy atom. The van der Waals surface area contributed by atoms with Gasteiger partial charge >= 0.3 is 6.09 Å². The van der Waals surface area contributed by atoms with Crippen LogP contribution >= 0.6 is 0 Å². The second kappa shape index (κ2) is 8.42. The van der Waals surface area contributed by atoms with Crippen LogP contribution in [-0.4, -0.2) is 30.9 Å². The van der Waals surface area contributed by atoms with Gasteiger partial charge in [-0.1, -0.05) is 6.07 Å². The quantitative estimate of drug-likeness (QED) is 0.809. The van der Waals surface area contributed by atoms with Crippen molar-refractivity contribution in [2.75, 3.05) is 24.9 Å².